The lowest BCUT2D eigenvalue weighted by molar-refractivity contribution is 0.141. The van der Waals surface area contributed by atoms with Gasteiger partial charge in [-0.25, -0.2) is 4.79 Å². The number of rotatable bonds is 3. The second kappa shape index (κ2) is 8.48. The molecule has 0 aromatic heterocycles. The van der Waals surface area contributed by atoms with Gasteiger partial charge in [0.25, 0.3) is 0 Å². The number of carbonyl (C=O) groups excluding carboxylic acids is 1. The molecule has 114 valence electrons. The fourth-order valence-electron chi connectivity index (χ4n) is 1.76. The van der Waals surface area contributed by atoms with Crippen molar-refractivity contribution in [2.24, 2.45) is 0 Å². The Hall–Kier alpha value is -2.95. The van der Waals surface area contributed by atoms with Gasteiger partial charge in [-0.2, -0.15) is 5.26 Å². The van der Waals surface area contributed by atoms with Crippen molar-refractivity contribution in [2.75, 3.05) is 6.54 Å². The van der Waals surface area contributed by atoms with Crippen LogP contribution in [0.2, 0.25) is 5.02 Å². The van der Waals surface area contributed by atoms with Crippen LogP contribution in [-0.4, -0.2) is 12.6 Å². The van der Waals surface area contributed by atoms with Crippen LogP contribution >= 0.6 is 11.6 Å². The van der Waals surface area contributed by atoms with Gasteiger partial charge < -0.3 is 10.1 Å². The highest BCUT2D eigenvalue weighted by Gasteiger charge is 2.00. The minimum atomic E-state index is -0.535. The predicted octanol–water partition coefficient (Wildman–Crippen LogP) is 3.49. The topological polar surface area (TPSA) is 62.1 Å². The number of amides is 1. The second-order valence-electron chi connectivity index (χ2n) is 4.56. The molecule has 2 aromatic rings. The monoisotopic (exact) mass is 324 g/mol. The fraction of sp³-hybridized carbons (Fsp3) is 0.111. The molecule has 23 heavy (non-hydrogen) atoms. The smallest absolute Gasteiger partial charge is 0.408 e. The Kier molecular flexibility index (Phi) is 6.06. The van der Waals surface area contributed by atoms with Crippen LogP contribution in [0.1, 0.15) is 16.7 Å². The maximum absolute atomic E-state index is 11.5. The summed E-state index contributed by atoms with van der Waals surface area (Å²) in [7, 11) is 0. The molecule has 0 radical (unpaired) electrons. The van der Waals surface area contributed by atoms with Gasteiger partial charge in [-0.3, -0.25) is 0 Å². The number of nitrogens with one attached hydrogen (secondary N) is 1. The minimum absolute atomic E-state index is 0.141. The Morgan fingerprint density at radius 2 is 1.91 bits per heavy atom. The average molecular weight is 325 g/mol. The number of carbonyl (C=O) groups is 1. The molecular weight excluding hydrogens is 312 g/mol. The van der Waals surface area contributed by atoms with E-state index in [1.54, 1.807) is 18.2 Å². The molecule has 0 saturated heterocycles. The zero-order valence-electron chi connectivity index (χ0n) is 12.2. The molecular formula is C18H13ClN2O2. The summed E-state index contributed by atoms with van der Waals surface area (Å²) in [6.07, 6.45) is -0.535. The van der Waals surface area contributed by atoms with Crippen molar-refractivity contribution in [1.29, 1.82) is 5.26 Å². The molecule has 0 spiro atoms. The Balaban J connectivity index is 1.80. The Morgan fingerprint density at radius 1 is 1.17 bits per heavy atom. The first-order valence-corrected chi connectivity index (χ1v) is 7.19. The van der Waals surface area contributed by atoms with Crippen LogP contribution in [0.3, 0.4) is 0 Å². The van der Waals surface area contributed by atoms with Crippen molar-refractivity contribution >= 4 is 17.7 Å². The highest BCUT2D eigenvalue weighted by atomic mass is 35.5. The summed E-state index contributed by atoms with van der Waals surface area (Å²) >= 11 is 5.88. The molecule has 0 aliphatic carbocycles. The first-order valence-electron chi connectivity index (χ1n) is 6.81. The van der Waals surface area contributed by atoms with Gasteiger partial charge >= 0.3 is 6.09 Å². The van der Waals surface area contributed by atoms with Gasteiger partial charge in [-0.05, 0) is 23.8 Å². The van der Waals surface area contributed by atoms with E-state index in [0.717, 1.165) is 5.56 Å². The van der Waals surface area contributed by atoms with Crippen molar-refractivity contribution in [3.63, 3.8) is 0 Å². The number of benzene rings is 2. The van der Waals surface area contributed by atoms with Gasteiger partial charge in [0, 0.05) is 10.6 Å². The molecule has 0 fully saturated rings. The van der Waals surface area contributed by atoms with Crippen LogP contribution < -0.4 is 5.32 Å². The molecule has 5 heteroatoms. The van der Waals surface area contributed by atoms with Gasteiger partial charge in [-0.1, -0.05) is 53.8 Å². The lowest BCUT2D eigenvalue weighted by Gasteiger charge is -2.04. The van der Waals surface area contributed by atoms with Gasteiger partial charge in [0.1, 0.15) is 6.61 Å². The highest BCUT2D eigenvalue weighted by Crippen LogP contribution is 2.13. The normalized spacial score (nSPS) is 9.22. The summed E-state index contributed by atoms with van der Waals surface area (Å²) in [6.45, 7) is 0.349. The molecule has 0 saturated carbocycles. The number of ether oxygens (including phenoxy) is 1. The summed E-state index contributed by atoms with van der Waals surface area (Å²) in [6, 6.07) is 16.3. The summed E-state index contributed by atoms with van der Waals surface area (Å²) < 4.78 is 5.05. The molecule has 0 atom stereocenters. The summed E-state index contributed by atoms with van der Waals surface area (Å²) in [5.41, 5.74) is 1.97. The highest BCUT2D eigenvalue weighted by molar-refractivity contribution is 6.30. The van der Waals surface area contributed by atoms with Crippen LogP contribution in [0.15, 0.2) is 48.5 Å². The zero-order chi connectivity index (χ0) is 16.5. The summed E-state index contributed by atoms with van der Waals surface area (Å²) in [4.78, 5) is 11.5. The molecule has 0 aliphatic heterocycles. The van der Waals surface area contributed by atoms with Crippen molar-refractivity contribution in [1.82, 2.24) is 5.32 Å². The molecule has 2 rings (SSSR count). The standard InChI is InChI=1S/C18H13ClN2O2/c19-17-10-15(9-16(11-17)12-20)7-4-8-21-18(22)23-13-14-5-2-1-3-6-14/h1-3,5-6,9-11H,8,13H2,(H,21,22). The van der Waals surface area contributed by atoms with Crippen molar-refractivity contribution in [2.45, 2.75) is 6.61 Å². The number of halogens is 1. The maximum atomic E-state index is 11.5. The zero-order valence-corrected chi connectivity index (χ0v) is 12.9. The maximum Gasteiger partial charge on any atom is 0.408 e. The molecule has 0 aliphatic rings. The van der Waals surface area contributed by atoms with Gasteiger partial charge in [-0.15, -0.1) is 0 Å². The molecule has 1 amide bonds. The predicted molar refractivity (Wildman–Crippen MR) is 87.7 cm³/mol. The van der Waals surface area contributed by atoms with E-state index in [4.69, 9.17) is 21.6 Å². The van der Waals surface area contributed by atoms with Crippen LogP contribution in [0.25, 0.3) is 0 Å². The molecule has 0 bridgehead atoms. The van der Waals surface area contributed by atoms with Gasteiger partial charge in [0.05, 0.1) is 18.2 Å². The first-order chi connectivity index (χ1) is 11.2. The van der Waals surface area contributed by atoms with E-state index in [1.807, 2.05) is 36.4 Å². The average Bonchev–Trinajstić information content (AvgIpc) is 2.57. The summed E-state index contributed by atoms with van der Waals surface area (Å²) in [5, 5.41) is 11.8. The van der Waals surface area contributed by atoms with Crippen molar-refractivity contribution < 1.29 is 9.53 Å². The molecule has 0 heterocycles. The third-order valence-corrected chi connectivity index (χ3v) is 3.01. The lowest BCUT2D eigenvalue weighted by Crippen LogP contribution is -2.24. The van der Waals surface area contributed by atoms with E-state index in [-0.39, 0.29) is 13.2 Å². The largest absolute Gasteiger partial charge is 0.445 e. The number of hydrogen-bond acceptors (Lipinski definition) is 3. The third kappa shape index (κ3) is 5.74. The Bertz CT molecular complexity index is 786. The minimum Gasteiger partial charge on any atom is -0.445 e. The summed E-state index contributed by atoms with van der Waals surface area (Å²) in [5.74, 6) is 5.61. The molecule has 2 aromatic carbocycles. The number of hydrogen-bond donors (Lipinski definition) is 1. The van der Waals surface area contributed by atoms with E-state index < -0.39 is 6.09 Å². The Morgan fingerprint density at radius 3 is 2.65 bits per heavy atom. The number of nitrogens with zero attached hydrogens (tertiary/aromatic N) is 1. The number of nitriles is 1. The first kappa shape index (κ1) is 16.4. The van der Waals surface area contributed by atoms with Gasteiger partial charge in [0.15, 0.2) is 0 Å². The molecule has 0 unspecified atom stereocenters. The van der Waals surface area contributed by atoms with Crippen LogP contribution in [0.4, 0.5) is 4.79 Å². The Labute approximate surface area is 139 Å². The molecule has 1 N–H and O–H groups in total. The van der Waals surface area contributed by atoms with Crippen LogP contribution in [0, 0.1) is 23.2 Å². The third-order valence-electron chi connectivity index (χ3n) is 2.79. The molecule has 4 nitrogen and oxygen atoms in total. The number of alkyl carbamates (subject to hydrolysis) is 1. The van der Waals surface area contributed by atoms with Crippen LogP contribution in [-0.2, 0) is 11.3 Å². The van der Waals surface area contributed by atoms with Gasteiger partial charge in [0.2, 0.25) is 0 Å². The SMILES string of the molecule is N#Cc1cc(Cl)cc(C#CCNC(=O)OCc2ccccc2)c1. The van der Waals surface area contributed by atoms with E-state index in [2.05, 4.69) is 17.2 Å². The second-order valence-corrected chi connectivity index (χ2v) is 4.99. The lowest BCUT2D eigenvalue weighted by atomic mass is 10.1. The fourth-order valence-corrected chi connectivity index (χ4v) is 2.00. The van der Waals surface area contributed by atoms with Crippen molar-refractivity contribution in [3.8, 4) is 17.9 Å². The van der Waals surface area contributed by atoms with E-state index in [0.29, 0.717) is 16.1 Å². The van der Waals surface area contributed by atoms with E-state index in [9.17, 15) is 4.79 Å². The quantitative estimate of drug-likeness (QED) is 0.879. The van der Waals surface area contributed by atoms with Crippen LogP contribution in [0.5, 0.6) is 0 Å². The van der Waals surface area contributed by atoms with Crippen molar-refractivity contribution in [3.05, 3.63) is 70.2 Å². The van der Waals surface area contributed by atoms with E-state index >= 15 is 0 Å². The van der Waals surface area contributed by atoms with E-state index in [1.165, 1.54) is 0 Å².